The molecule has 25 heteroatoms. The average Bonchev–Trinajstić information content (AvgIpc) is 2.94. The summed E-state index contributed by atoms with van der Waals surface area (Å²) in [4.78, 5) is 12.2. The molecule has 0 fully saturated rings. The van der Waals surface area contributed by atoms with Crippen molar-refractivity contribution >= 4 is 77.0 Å². The largest absolute Gasteiger partial charge is 0.395 e. The zero-order valence-corrected chi connectivity index (χ0v) is 26.3. The summed E-state index contributed by atoms with van der Waals surface area (Å²) >= 11 is 0.329. The molecule has 21 nitrogen and oxygen atoms in total. The highest BCUT2D eigenvalue weighted by Crippen LogP contribution is 2.30. The van der Waals surface area contributed by atoms with Gasteiger partial charge in [-0.3, -0.25) is 13.7 Å². The first-order valence-corrected chi connectivity index (χ1v) is 17.6. The normalized spacial score (nSPS) is 12.1. The van der Waals surface area contributed by atoms with Crippen LogP contribution in [0.4, 0.5) is 34.6 Å². The Bertz CT molecular complexity index is 1840. The second-order valence-electron chi connectivity index (χ2n) is 8.80. The SMILES string of the molecule is O=S(=O)(O)CCNc1cc(Nc2nc(Nc3cc(SOOO)cc(S(=O)(=O)O)c3)nc(S(=O)(=O)O)n2)cc(N(CCO)CCO)c1. The van der Waals surface area contributed by atoms with Crippen molar-refractivity contribution in [2.45, 2.75) is 14.9 Å². The summed E-state index contributed by atoms with van der Waals surface area (Å²) in [6.45, 7) is -0.699. The van der Waals surface area contributed by atoms with Crippen molar-refractivity contribution in [3.05, 3.63) is 36.4 Å². The molecular formula is C21H27N7O14S4. The van der Waals surface area contributed by atoms with Gasteiger partial charge in [0.25, 0.3) is 25.4 Å². The lowest BCUT2D eigenvalue weighted by Crippen LogP contribution is -2.29. The first kappa shape index (κ1) is 37.0. The van der Waals surface area contributed by atoms with Gasteiger partial charge in [0.05, 0.1) is 35.9 Å². The van der Waals surface area contributed by atoms with Crippen LogP contribution in [0.3, 0.4) is 0 Å². The van der Waals surface area contributed by atoms with Crippen LogP contribution in [0.2, 0.25) is 0 Å². The quantitative estimate of drug-likeness (QED) is 0.0369. The van der Waals surface area contributed by atoms with Crippen molar-refractivity contribution in [2.24, 2.45) is 0 Å². The first-order chi connectivity index (χ1) is 21.5. The summed E-state index contributed by atoms with van der Waals surface area (Å²) in [7, 11) is -14.2. The molecule has 3 aromatic rings. The van der Waals surface area contributed by atoms with Gasteiger partial charge in [0.2, 0.25) is 11.9 Å². The van der Waals surface area contributed by atoms with Crippen LogP contribution in [0.1, 0.15) is 0 Å². The van der Waals surface area contributed by atoms with Crippen molar-refractivity contribution in [1.29, 1.82) is 0 Å². The zero-order chi connectivity index (χ0) is 34.1. The summed E-state index contributed by atoms with van der Waals surface area (Å²) in [6, 6.07) is 7.48. The molecule has 0 unspecified atom stereocenters. The van der Waals surface area contributed by atoms with E-state index in [-0.39, 0.29) is 54.8 Å². The van der Waals surface area contributed by atoms with E-state index in [1.54, 1.807) is 4.90 Å². The number of rotatable bonds is 18. The van der Waals surface area contributed by atoms with Gasteiger partial charge in [-0.05, 0) is 36.4 Å². The number of nitrogens with one attached hydrogen (secondary N) is 3. The molecule has 254 valence electrons. The number of hydrogen-bond acceptors (Lipinski definition) is 19. The number of benzene rings is 2. The van der Waals surface area contributed by atoms with Crippen LogP contribution in [0.15, 0.2) is 51.3 Å². The van der Waals surface area contributed by atoms with Crippen LogP contribution in [-0.4, -0.2) is 108 Å². The Morgan fingerprint density at radius 2 is 1.35 bits per heavy atom. The molecule has 0 radical (unpaired) electrons. The molecule has 1 aromatic heterocycles. The van der Waals surface area contributed by atoms with E-state index in [1.807, 2.05) is 0 Å². The highest BCUT2D eigenvalue weighted by Gasteiger charge is 2.20. The van der Waals surface area contributed by atoms with Crippen molar-refractivity contribution in [1.82, 2.24) is 15.0 Å². The summed E-state index contributed by atoms with van der Waals surface area (Å²) < 4.78 is 102. The molecule has 3 rings (SSSR count). The van der Waals surface area contributed by atoms with Gasteiger partial charge in [0.15, 0.2) is 0 Å². The Morgan fingerprint density at radius 3 is 1.87 bits per heavy atom. The fourth-order valence-corrected chi connectivity index (χ4v) is 5.49. The molecular weight excluding hydrogens is 703 g/mol. The third kappa shape index (κ3) is 11.7. The lowest BCUT2D eigenvalue weighted by molar-refractivity contribution is -0.432. The maximum absolute atomic E-state index is 12.0. The monoisotopic (exact) mass is 729 g/mol. The van der Waals surface area contributed by atoms with Crippen LogP contribution in [-0.2, 0) is 39.7 Å². The van der Waals surface area contributed by atoms with Gasteiger partial charge in [-0.15, -0.1) is 4.33 Å². The summed E-state index contributed by atoms with van der Waals surface area (Å²) in [5.41, 5.74) is 0.632. The van der Waals surface area contributed by atoms with E-state index >= 15 is 0 Å². The second kappa shape index (κ2) is 15.9. The van der Waals surface area contributed by atoms with Gasteiger partial charge in [0, 0.05) is 47.3 Å². The van der Waals surface area contributed by atoms with Crippen molar-refractivity contribution < 1.29 is 63.8 Å². The van der Waals surface area contributed by atoms with Gasteiger partial charge >= 0.3 is 10.1 Å². The van der Waals surface area contributed by atoms with Crippen LogP contribution in [0.25, 0.3) is 0 Å². The lowest BCUT2D eigenvalue weighted by Gasteiger charge is -2.24. The number of aromatic nitrogens is 3. The zero-order valence-electron chi connectivity index (χ0n) is 23.1. The van der Waals surface area contributed by atoms with Crippen molar-refractivity contribution in [2.75, 3.05) is 59.5 Å². The van der Waals surface area contributed by atoms with Gasteiger partial charge in [-0.1, -0.05) is 5.04 Å². The Hall–Kier alpha value is -3.47. The minimum atomic E-state index is -5.06. The Kier molecular flexibility index (Phi) is 12.8. The third-order valence-electron chi connectivity index (χ3n) is 5.41. The van der Waals surface area contributed by atoms with Gasteiger partial charge < -0.3 is 31.1 Å². The summed E-state index contributed by atoms with van der Waals surface area (Å²) in [5.74, 6) is -1.69. The molecule has 0 saturated heterocycles. The molecule has 0 aliphatic carbocycles. The van der Waals surface area contributed by atoms with Crippen LogP contribution < -0.4 is 20.9 Å². The molecule has 1 heterocycles. The van der Waals surface area contributed by atoms with Gasteiger partial charge in [-0.2, -0.15) is 40.2 Å². The topological polar surface area (TPSA) is 320 Å². The maximum atomic E-state index is 12.0. The molecule has 9 N–H and O–H groups in total. The molecule has 0 aliphatic rings. The van der Waals surface area contributed by atoms with E-state index in [4.69, 9.17) is 9.81 Å². The molecule has 46 heavy (non-hydrogen) atoms. The summed E-state index contributed by atoms with van der Waals surface area (Å²) in [5, 5.41) is 37.7. The van der Waals surface area contributed by atoms with Crippen LogP contribution >= 0.6 is 12.0 Å². The molecule has 0 saturated carbocycles. The van der Waals surface area contributed by atoms with Crippen LogP contribution in [0, 0.1) is 0 Å². The maximum Gasteiger partial charge on any atom is 0.330 e. The molecule has 2 aromatic carbocycles. The fourth-order valence-electron chi connectivity index (χ4n) is 3.64. The van der Waals surface area contributed by atoms with Gasteiger partial charge in [-0.25, -0.2) is 5.26 Å². The van der Waals surface area contributed by atoms with E-state index in [0.717, 1.165) is 12.1 Å². The minimum Gasteiger partial charge on any atom is -0.395 e. The lowest BCUT2D eigenvalue weighted by atomic mass is 10.2. The van der Waals surface area contributed by atoms with Crippen molar-refractivity contribution in [3.63, 3.8) is 0 Å². The first-order valence-electron chi connectivity index (χ1n) is 12.4. The third-order valence-corrected chi connectivity index (χ3v) is 8.16. The number of aliphatic hydroxyl groups excluding tert-OH is 2. The highest BCUT2D eigenvalue weighted by atomic mass is 32.2. The van der Waals surface area contributed by atoms with E-state index in [1.165, 1.54) is 24.3 Å². The predicted molar refractivity (Wildman–Crippen MR) is 161 cm³/mol. The Balaban J connectivity index is 2.07. The van der Waals surface area contributed by atoms with E-state index in [9.17, 15) is 44.6 Å². The fraction of sp³-hybridized carbons (Fsp3) is 0.286. The van der Waals surface area contributed by atoms with Gasteiger partial charge in [0.1, 0.15) is 0 Å². The number of nitrogens with zero attached hydrogens (tertiary/aromatic N) is 4. The molecule has 0 spiro atoms. The Morgan fingerprint density at radius 1 is 0.761 bits per heavy atom. The minimum absolute atomic E-state index is 0.0461. The summed E-state index contributed by atoms with van der Waals surface area (Å²) in [6.07, 6.45) is 0. The Labute approximate surface area is 265 Å². The second-order valence-corrected chi connectivity index (χ2v) is 13.9. The van der Waals surface area contributed by atoms with Crippen LogP contribution in [0.5, 0.6) is 0 Å². The molecule has 0 bridgehead atoms. The smallest absolute Gasteiger partial charge is 0.330 e. The predicted octanol–water partition coefficient (Wildman–Crippen LogP) is 0.371. The molecule has 0 amide bonds. The van der Waals surface area contributed by atoms with E-state index in [2.05, 4.69) is 40.3 Å². The average molecular weight is 730 g/mol. The number of aliphatic hydroxyl groups is 2. The number of anilines is 6. The highest BCUT2D eigenvalue weighted by molar-refractivity contribution is 7.94. The van der Waals surface area contributed by atoms with E-state index in [0.29, 0.717) is 17.7 Å². The molecule has 0 aliphatic heterocycles. The number of hydrogen-bond donors (Lipinski definition) is 9. The van der Waals surface area contributed by atoms with E-state index < -0.39 is 58.1 Å². The molecule has 0 atom stereocenters. The standard InChI is InChI=1S/C21H27N7O14S4/c29-4-2-28(3-5-30)16-8-13(22-1-6-44(32,33)34)7-14(9-16)23-19-25-20(27-21(26-19)46(38,39)40)24-15-10-17(43-42-41-31)12-18(11-15)45(35,36)37/h7-12,22,29-31H,1-6H2,(H,32,33,34)(H,35,36,37)(H,38,39,40)(H2,23,24,25,26,27). The van der Waals surface area contributed by atoms with Crippen molar-refractivity contribution in [3.8, 4) is 0 Å².